The summed E-state index contributed by atoms with van der Waals surface area (Å²) in [7, 11) is 0. The number of rotatable bonds is 3. The molecule has 0 amide bonds. The summed E-state index contributed by atoms with van der Waals surface area (Å²) in [6, 6.07) is 5.81. The fourth-order valence-electron chi connectivity index (χ4n) is 1.65. The minimum absolute atomic E-state index is 0.154. The number of hydrogen-bond donors (Lipinski definition) is 4. The summed E-state index contributed by atoms with van der Waals surface area (Å²) in [4.78, 5) is 0. The van der Waals surface area contributed by atoms with Crippen LogP contribution in [0.25, 0.3) is 0 Å². The van der Waals surface area contributed by atoms with E-state index in [0.29, 0.717) is 26.3 Å². The Morgan fingerprint density at radius 2 is 1.50 bits per heavy atom. The van der Waals surface area contributed by atoms with Crippen molar-refractivity contribution in [1.29, 1.82) is 0 Å². The first-order valence-electron chi connectivity index (χ1n) is 5.51. The Kier molecular flexibility index (Phi) is 4.38. The van der Waals surface area contributed by atoms with Gasteiger partial charge in [-0.05, 0) is 24.3 Å². The van der Waals surface area contributed by atoms with Crippen LogP contribution in [-0.2, 0) is 6.54 Å². The van der Waals surface area contributed by atoms with Crippen molar-refractivity contribution in [2.75, 3.05) is 5.32 Å². The third-order valence-corrected chi connectivity index (χ3v) is 3.49. The van der Waals surface area contributed by atoms with Crippen LogP contribution in [0.15, 0.2) is 24.3 Å². The quantitative estimate of drug-likeness (QED) is 0.629. The van der Waals surface area contributed by atoms with E-state index < -0.39 is 17.2 Å². The van der Waals surface area contributed by atoms with Crippen LogP contribution in [0, 0.1) is 0 Å². The topological polar surface area (TPSA) is 72.7 Å². The van der Waals surface area contributed by atoms with Crippen molar-refractivity contribution < 1.29 is 15.3 Å². The lowest BCUT2D eigenvalue weighted by molar-refractivity contribution is 0.365. The van der Waals surface area contributed by atoms with Crippen LogP contribution in [0.4, 0.5) is 5.69 Å². The van der Waals surface area contributed by atoms with Crippen LogP contribution >= 0.6 is 34.8 Å². The highest BCUT2D eigenvalue weighted by molar-refractivity contribution is 6.41. The molecule has 0 saturated heterocycles. The second-order valence-corrected chi connectivity index (χ2v) is 5.29. The summed E-state index contributed by atoms with van der Waals surface area (Å²) < 4.78 is 0. The number of nitrogens with one attached hydrogen (secondary N) is 1. The van der Waals surface area contributed by atoms with Gasteiger partial charge in [-0.2, -0.15) is 0 Å². The van der Waals surface area contributed by atoms with Crippen LogP contribution in [0.3, 0.4) is 0 Å². The summed E-state index contributed by atoms with van der Waals surface area (Å²) in [5.74, 6) is -1.37. The van der Waals surface area contributed by atoms with Crippen LogP contribution in [-0.4, -0.2) is 15.3 Å². The lowest BCUT2D eigenvalue weighted by Gasteiger charge is -2.12. The highest BCUT2D eigenvalue weighted by Gasteiger charge is 2.12. The van der Waals surface area contributed by atoms with Crippen molar-refractivity contribution in [1.82, 2.24) is 0 Å². The molecule has 0 radical (unpaired) electrons. The highest BCUT2D eigenvalue weighted by Crippen LogP contribution is 2.38. The van der Waals surface area contributed by atoms with Crippen LogP contribution in [0.2, 0.25) is 15.1 Å². The lowest BCUT2D eigenvalue weighted by Crippen LogP contribution is -2.01. The molecule has 2 aromatic carbocycles. The zero-order valence-corrected chi connectivity index (χ0v) is 12.3. The van der Waals surface area contributed by atoms with Gasteiger partial charge in [0, 0.05) is 17.1 Å². The first-order chi connectivity index (χ1) is 9.40. The number of aromatic hydroxyl groups is 3. The molecule has 4 N–H and O–H groups in total. The van der Waals surface area contributed by atoms with Gasteiger partial charge in [-0.1, -0.05) is 34.8 Å². The molecule has 7 heteroatoms. The average molecular weight is 335 g/mol. The smallest absolute Gasteiger partial charge is 0.200 e. The fourth-order valence-corrected chi connectivity index (χ4v) is 2.60. The fraction of sp³-hybridized carbons (Fsp3) is 0.0769. The van der Waals surface area contributed by atoms with Gasteiger partial charge in [0.1, 0.15) is 0 Å². The van der Waals surface area contributed by atoms with Crippen LogP contribution in [0.5, 0.6) is 17.2 Å². The number of benzene rings is 2. The molecule has 0 unspecified atom stereocenters. The Hall–Kier alpha value is -1.49. The molecule has 0 atom stereocenters. The Bertz CT molecular complexity index is 639. The normalized spacial score (nSPS) is 10.6. The molecule has 106 valence electrons. The Morgan fingerprint density at radius 1 is 0.900 bits per heavy atom. The highest BCUT2D eigenvalue weighted by atomic mass is 35.5. The monoisotopic (exact) mass is 333 g/mol. The number of halogens is 3. The van der Waals surface area contributed by atoms with E-state index >= 15 is 0 Å². The van der Waals surface area contributed by atoms with E-state index in [-0.39, 0.29) is 6.54 Å². The minimum Gasteiger partial charge on any atom is -0.504 e. The maximum atomic E-state index is 9.70. The van der Waals surface area contributed by atoms with Gasteiger partial charge in [0.2, 0.25) is 5.75 Å². The van der Waals surface area contributed by atoms with Crippen molar-refractivity contribution in [2.24, 2.45) is 0 Å². The zero-order chi connectivity index (χ0) is 14.9. The third kappa shape index (κ3) is 2.98. The van der Waals surface area contributed by atoms with Crippen molar-refractivity contribution in [3.8, 4) is 17.2 Å². The van der Waals surface area contributed by atoms with Crippen molar-refractivity contribution in [3.05, 3.63) is 44.9 Å². The number of phenols is 3. The summed E-state index contributed by atoms with van der Waals surface area (Å²) in [5.41, 5.74) is 0.840. The Labute approximate surface area is 130 Å². The number of hydrogen-bond acceptors (Lipinski definition) is 4. The largest absolute Gasteiger partial charge is 0.504 e. The predicted molar refractivity (Wildman–Crippen MR) is 80.2 cm³/mol. The summed E-state index contributed by atoms with van der Waals surface area (Å²) >= 11 is 17.8. The molecular weight excluding hydrogens is 325 g/mol. The van der Waals surface area contributed by atoms with Crippen molar-refractivity contribution in [2.45, 2.75) is 6.54 Å². The summed E-state index contributed by atoms with van der Waals surface area (Å²) in [6.45, 7) is 0.154. The molecule has 0 aromatic heterocycles. The van der Waals surface area contributed by atoms with E-state index in [2.05, 4.69) is 5.32 Å². The van der Waals surface area contributed by atoms with Gasteiger partial charge < -0.3 is 20.6 Å². The molecule has 0 saturated carbocycles. The van der Waals surface area contributed by atoms with Crippen molar-refractivity contribution >= 4 is 40.5 Å². The Morgan fingerprint density at radius 3 is 2.10 bits per heavy atom. The molecule has 0 aliphatic rings. The third-order valence-electron chi connectivity index (χ3n) is 2.68. The molecule has 0 aliphatic carbocycles. The molecule has 2 rings (SSSR count). The molecule has 0 spiro atoms. The van der Waals surface area contributed by atoms with Crippen LogP contribution < -0.4 is 5.32 Å². The molecule has 20 heavy (non-hydrogen) atoms. The molecule has 0 heterocycles. The average Bonchev–Trinajstić information content (AvgIpc) is 2.37. The number of phenolic OH excluding ortho intramolecular Hbond substituents is 3. The SMILES string of the molecule is Oc1ccc(CNc2c(Cl)cc(Cl)cc2Cl)c(O)c1O. The first-order valence-corrected chi connectivity index (χ1v) is 6.64. The molecule has 0 aliphatic heterocycles. The van der Waals surface area contributed by atoms with Crippen LogP contribution in [0.1, 0.15) is 5.56 Å². The molecule has 0 fully saturated rings. The van der Waals surface area contributed by atoms with E-state index in [1.807, 2.05) is 0 Å². The molecular formula is C13H10Cl3NO3. The summed E-state index contributed by atoms with van der Waals surface area (Å²) in [6.07, 6.45) is 0. The van der Waals surface area contributed by atoms with Gasteiger partial charge in [-0.15, -0.1) is 0 Å². The standard InChI is InChI=1S/C13H10Cl3NO3/c14-7-3-8(15)11(9(16)4-7)17-5-6-1-2-10(18)13(20)12(6)19/h1-4,17-20H,5H2. The van der Waals surface area contributed by atoms with Gasteiger partial charge in [0.15, 0.2) is 11.5 Å². The second-order valence-electron chi connectivity index (χ2n) is 4.04. The van der Waals surface area contributed by atoms with Gasteiger partial charge >= 0.3 is 0 Å². The van der Waals surface area contributed by atoms with Gasteiger partial charge in [-0.25, -0.2) is 0 Å². The molecule has 2 aromatic rings. The maximum Gasteiger partial charge on any atom is 0.200 e. The summed E-state index contributed by atoms with van der Waals surface area (Å²) in [5, 5.41) is 32.4. The van der Waals surface area contributed by atoms with Crippen molar-refractivity contribution in [3.63, 3.8) is 0 Å². The first kappa shape index (κ1) is 14.9. The molecule has 0 bridgehead atoms. The maximum absolute atomic E-state index is 9.70. The van der Waals surface area contributed by atoms with E-state index in [4.69, 9.17) is 34.8 Å². The van der Waals surface area contributed by atoms with E-state index in [0.717, 1.165) is 0 Å². The van der Waals surface area contributed by atoms with E-state index in [1.165, 1.54) is 24.3 Å². The minimum atomic E-state index is -0.572. The van der Waals surface area contributed by atoms with E-state index in [1.54, 1.807) is 0 Å². The molecule has 4 nitrogen and oxygen atoms in total. The second kappa shape index (κ2) is 5.87. The van der Waals surface area contributed by atoms with Gasteiger partial charge in [0.05, 0.1) is 15.7 Å². The Balaban J connectivity index is 2.24. The lowest BCUT2D eigenvalue weighted by atomic mass is 10.1. The van der Waals surface area contributed by atoms with Gasteiger partial charge in [-0.3, -0.25) is 0 Å². The van der Waals surface area contributed by atoms with Gasteiger partial charge in [0.25, 0.3) is 0 Å². The zero-order valence-electron chi connectivity index (χ0n) is 9.99. The van der Waals surface area contributed by atoms with E-state index in [9.17, 15) is 15.3 Å². The number of anilines is 1. The predicted octanol–water partition coefficient (Wildman–Crippen LogP) is 4.38.